The van der Waals surface area contributed by atoms with E-state index in [0.717, 1.165) is 9.95 Å². The molecule has 0 aliphatic carbocycles. The molecule has 4 aromatic rings. The Morgan fingerprint density at radius 1 is 0.800 bits per heavy atom. The minimum absolute atomic E-state index is 0.146. The van der Waals surface area contributed by atoms with Crippen LogP contribution < -0.4 is 10.2 Å². The molecular formula is C16H10N2O2-2. The average Bonchev–Trinajstić information content (AvgIpc) is 2.92. The van der Waals surface area contributed by atoms with Gasteiger partial charge in [-0.3, -0.25) is 0 Å². The first-order valence-corrected chi connectivity index (χ1v) is 6.03. The lowest BCUT2D eigenvalue weighted by Crippen LogP contribution is -1.95. The molecule has 0 unspecified atom stereocenters. The first-order valence-electron chi connectivity index (χ1n) is 7.92. The molecule has 98 valence electrons. The molecule has 0 bridgehead atoms. The van der Waals surface area contributed by atoms with Crippen molar-refractivity contribution in [3.63, 3.8) is 0 Å². The smallest absolute Gasteiger partial charge is 0.167 e. The Hall–Kier alpha value is -2.88. The number of para-hydroxylation sites is 2. The fraction of sp³-hybridized carbons (Fsp3) is 0. The summed E-state index contributed by atoms with van der Waals surface area (Å²) in [5.41, 5.74) is 0.0123. The molecule has 0 aliphatic heterocycles. The van der Waals surface area contributed by atoms with Gasteiger partial charge < -0.3 is 20.2 Å². The van der Waals surface area contributed by atoms with Crippen molar-refractivity contribution in [3.05, 3.63) is 48.5 Å². The zero-order valence-corrected chi connectivity index (χ0v) is 10.2. The van der Waals surface area contributed by atoms with Crippen LogP contribution in [0, 0.1) is 0 Å². The van der Waals surface area contributed by atoms with Crippen molar-refractivity contribution in [3.8, 4) is 22.9 Å². The first kappa shape index (κ1) is 7.65. The topological polar surface area (TPSA) is 77.7 Å². The van der Waals surface area contributed by atoms with Crippen molar-refractivity contribution in [2.45, 2.75) is 0 Å². The number of nitrogens with one attached hydrogen (secondary N) is 2. The van der Waals surface area contributed by atoms with Gasteiger partial charge in [0.15, 0.2) is 2.82 Å². The van der Waals surface area contributed by atoms with Gasteiger partial charge in [0.1, 0.15) is 0 Å². The van der Waals surface area contributed by atoms with Gasteiger partial charge in [-0.25, -0.2) is 0 Å². The second-order valence-corrected chi connectivity index (χ2v) is 4.47. The summed E-state index contributed by atoms with van der Waals surface area (Å²) < 4.78 is 31.6. The molecule has 2 N–H and O–H groups in total. The number of rotatable bonds is 1. The summed E-state index contributed by atoms with van der Waals surface area (Å²) in [5.74, 6) is -1.06. The predicted octanol–water partition coefficient (Wildman–Crippen LogP) is 2.46. The second-order valence-electron chi connectivity index (χ2n) is 4.47. The Morgan fingerprint density at radius 2 is 1.25 bits per heavy atom. The van der Waals surface area contributed by atoms with Gasteiger partial charge in [-0.15, -0.1) is 0 Å². The molecule has 2 heterocycles. The quantitative estimate of drug-likeness (QED) is 0.555. The van der Waals surface area contributed by atoms with Gasteiger partial charge in [-0.05, 0) is 22.9 Å². The van der Waals surface area contributed by atoms with E-state index in [1.54, 1.807) is 0 Å². The van der Waals surface area contributed by atoms with Crippen LogP contribution >= 0.6 is 0 Å². The molecule has 0 fully saturated rings. The summed E-state index contributed by atoms with van der Waals surface area (Å²) in [6, 6.07) is 8.80. The monoisotopic (exact) mass is 266 g/mol. The maximum absolute atomic E-state index is 12.6. The molecule has 4 rings (SSSR count). The van der Waals surface area contributed by atoms with Gasteiger partial charge in [0.2, 0.25) is 0 Å². The summed E-state index contributed by atoms with van der Waals surface area (Å²) in [4.78, 5) is 1.61. The van der Waals surface area contributed by atoms with E-state index in [9.17, 15) is 10.2 Å². The number of hydrogen-bond acceptors (Lipinski definition) is 2. The van der Waals surface area contributed by atoms with Crippen molar-refractivity contribution in [1.82, 2.24) is 9.95 Å². The Bertz CT molecular complexity index is 1040. The van der Waals surface area contributed by atoms with Crippen molar-refractivity contribution in [1.29, 1.82) is 0 Å². The molecule has 0 saturated carbocycles. The van der Waals surface area contributed by atoms with Crippen molar-refractivity contribution < 1.29 is 15.8 Å². The lowest BCUT2D eigenvalue weighted by Gasteiger charge is -2.11. The summed E-state index contributed by atoms with van der Waals surface area (Å²) in [6.45, 7) is 0. The first-order chi connectivity index (χ1) is 11.4. The zero-order valence-electron chi connectivity index (χ0n) is 14.2. The summed E-state index contributed by atoms with van der Waals surface area (Å²) in [5, 5.41) is 25.7. The fourth-order valence-corrected chi connectivity index (χ4v) is 2.33. The van der Waals surface area contributed by atoms with Crippen molar-refractivity contribution >= 4 is 21.8 Å². The third-order valence-corrected chi connectivity index (χ3v) is 3.29. The summed E-state index contributed by atoms with van der Waals surface area (Å²) >= 11 is 0. The van der Waals surface area contributed by atoms with E-state index in [2.05, 4.69) is 0 Å². The van der Waals surface area contributed by atoms with Crippen LogP contribution in [-0.4, -0.2) is 9.95 Å². The molecule has 2 aromatic carbocycles. The number of fused-ring (bicyclic) bond motifs is 2. The Kier molecular flexibility index (Phi) is 1.45. The maximum Gasteiger partial charge on any atom is 0.167 e. The molecule has 0 atom stereocenters. The van der Waals surface area contributed by atoms with Gasteiger partial charge in [0.25, 0.3) is 0 Å². The number of aromatic nitrogens is 2. The van der Waals surface area contributed by atoms with Crippen molar-refractivity contribution in [2.24, 2.45) is 0 Å². The normalized spacial score (nSPS) is 14.2. The van der Waals surface area contributed by atoms with Crippen LogP contribution in [-0.2, 0) is 0 Å². The SMILES string of the molecule is [2H]c1ccc2c([O-])c(-c3c([O-])c4ccc([2H])cc4n3[2H])n([2H])c2c1. The highest BCUT2D eigenvalue weighted by molar-refractivity contribution is 5.98. The van der Waals surface area contributed by atoms with Crippen LogP contribution in [0.1, 0.15) is 2.74 Å². The highest BCUT2D eigenvalue weighted by atomic mass is 16.3. The molecule has 0 radical (unpaired) electrons. The molecule has 0 saturated heterocycles. The molecule has 4 heteroatoms. The lowest BCUT2D eigenvalue weighted by molar-refractivity contribution is -0.268. The van der Waals surface area contributed by atoms with Gasteiger partial charge in [-0.2, -0.15) is 0 Å². The minimum atomic E-state index is -0.528. The molecule has 4 nitrogen and oxygen atoms in total. The van der Waals surface area contributed by atoms with E-state index in [-0.39, 0.29) is 45.3 Å². The Labute approximate surface area is 120 Å². The second kappa shape index (κ2) is 3.81. The number of hydrogen-bond donors (Lipinski definition) is 2. The molecule has 0 spiro atoms. The number of H-pyrrole nitrogens is 2. The van der Waals surface area contributed by atoms with Crippen LogP contribution in [0.5, 0.6) is 11.5 Å². The summed E-state index contributed by atoms with van der Waals surface area (Å²) in [6.07, 6.45) is 0. The van der Waals surface area contributed by atoms with Crippen LogP contribution in [0.15, 0.2) is 48.5 Å². The zero-order chi connectivity index (χ0) is 17.2. The number of benzene rings is 2. The highest BCUT2D eigenvalue weighted by Crippen LogP contribution is 2.39. The molecule has 20 heavy (non-hydrogen) atoms. The standard InChI is InChI=1S/C16H12N2O2/c19-15-9-5-1-3-7-11(9)17-13(15)14-16(20)10-6-2-4-8-12(10)18-14/h1-8,17-20H/p-2/i3D,4D/hD2. The minimum Gasteiger partial charge on any atom is -0.871 e. The van der Waals surface area contributed by atoms with Crippen molar-refractivity contribution in [2.75, 3.05) is 0 Å². The molecule has 2 aromatic heterocycles. The molecule has 0 amide bonds. The van der Waals surface area contributed by atoms with Crippen LogP contribution in [0.25, 0.3) is 33.2 Å². The lowest BCUT2D eigenvalue weighted by atomic mass is 10.2. The van der Waals surface area contributed by atoms with Crippen LogP contribution in [0.2, 0.25) is 2.82 Å². The largest absolute Gasteiger partial charge is 0.871 e. The van der Waals surface area contributed by atoms with Gasteiger partial charge in [0, 0.05) is 11.0 Å². The summed E-state index contributed by atoms with van der Waals surface area (Å²) in [7, 11) is 0. The predicted molar refractivity (Wildman–Crippen MR) is 74.5 cm³/mol. The van der Waals surface area contributed by atoms with E-state index in [1.807, 2.05) is 0 Å². The van der Waals surface area contributed by atoms with E-state index >= 15 is 0 Å². The maximum atomic E-state index is 12.6. The Morgan fingerprint density at radius 3 is 1.70 bits per heavy atom. The van der Waals surface area contributed by atoms with E-state index < -0.39 is 11.5 Å². The van der Waals surface area contributed by atoms with E-state index in [0.29, 0.717) is 0 Å². The number of aromatic amines is 2. The molecule has 0 aliphatic rings. The third-order valence-electron chi connectivity index (χ3n) is 3.29. The third kappa shape index (κ3) is 1.36. The van der Waals surface area contributed by atoms with Gasteiger partial charge >= 0.3 is 0 Å². The molecular weight excluding hydrogens is 252 g/mol. The van der Waals surface area contributed by atoms with Gasteiger partial charge in [0.05, 0.1) is 14.1 Å². The van der Waals surface area contributed by atoms with E-state index in [4.69, 9.17) is 5.57 Å². The average molecular weight is 266 g/mol. The van der Waals surface area contributed by atoms with Crippen LogP contribution in [0.3, 0.4) is 0 Å². The Balaban J connectivity index is 2.14. The fourth-order valence-electron chi connectivity index (χ4n) is 2.33. The highest BCUT2D eigenvalue weighted by Gasteiger charge is 2.10. The van der Waals surface area contributed by atoms with Gasteiger partial charge in [-0.1, -0.05) is 47.8 Å². The van der Waals surface area contributed by atoms with E-state index in [1.165, 1.54) is 36.4 Å². The van der Waals surface area contributed by atoms with Crippen LogP contribution in [0.4, 0.5) is 0 Å².